The number of nitrogens with zero attached hydrogens (tertiary/aromatic N) is 8. The Balaban J connectivity index is 1.54. The van der Waals surface area contributed by atoms with Crippen molar-refractivity contribution in [2.24, 2.45) is 10.8 Å². The van der Waals surface area contributed by atoms with E-state index in [4.69, 9.17) is 19.9 Å². The second-order valence-corrected chi connectivity index (χ2v) is 13.9. The molecule has 8 rings (SSSR count). The number of benzene rings is 3. The predicted molar refractivity (Wildman–Crippen MR) is 208 cm³/mol. The number of allylic oxidation sites excluding steroid dienone is 3. The van der Waals surface area contributed by atoms with Gasteiger partial charge in [-0.15, -0.1) is 6.58 Å². The highest BCUT2D eigenvalue weighted by Gasteiger charge is 2.69. The van der Waals surface area contributed by atoms with E-state index < -0.39 is 10.8 Å². The summed E-state index contributed by atoms with van der Waals surface area (Å²) in [5.41, 5.74) is 6.51. The lowest BCUT2D eigenvalue weighted by atomic mass is 9.54. The third kappa shape index (κ3) is 4.51. The number of para-hydroxylation sites is 2. The Morgan fingerprint density at radius 2 is 1.16 bits per heavy atom. The van der Waals surface area contributed by atoms with Gasteiger partial charge in [-0.2, -0.15) is 0 Å². The molecule has 0 amide bonds. The summed E-state index contributed by atoms with van der Waals surface area (Å²) >= 11 is 0. The molecule has 0 radical (unpaired) electrons. The van der Waals surface area contributed by atoms with Gasteiger partial charge in [-0.25, -0.2) is 19.9 Å². The molecule has 8 nitrogen and oxygen atoms in total. The van der Waals surface area contributed by atoms with Crippen LogP contribution >= 0.6 is 0 Å². The first-order valence-corrected chi connectivity index (χ1v) is 17.8. The van der Waals surface area contributed by atoms with Crippen molar-refractivity contribution in [3.8, 4) is 0 Å². The molecule has 51 heavy (non-hydrogen) atoms. The minimum Gasteiger partial charge on any atom is -0.301 e. The minimum absolute atomic E-state index is 0.311. The van der Waals surface area contributed by atoms with E-state index in [9.17, 15) is 0 Å². The first-order chi connectivity index (χ1) is 24.8. The highest BCUT2D eigenvalue weighted by molar-refractivity contribution is 5.87. The highest BCUT2D eigenvalue weighted by atomic mass is 15.5. The summed E-state index contributed by atoms with van der Waals surface area (Å²) in [5.74, 6) is 3.25. The molecule has 2 aromatic heterocycles. The molecular weight excluding hydrogens is 629 g/mol. The molecule has 3 aliphatic rings. The van der Waals surface area contributed by atoms with Crippen molar-refractivity contribution in [3.05, 3.63) is 151 Å². The molecule has 0 aliphatic carbocycles. The Morgan fingerprint density at radius 3 is 1.71 bits per heavy atom. The molecule has 3 aromatic carbocycles. The van der Waals surface area contributed by atoms with Crippen molar-refractivity contribution in [2.75, 3.05) is 19.6 Å². The van der Waals surface area contributed by atoms with Crippen LogP contribution < -0.4 is 19.6 Å². The summed E-state index contributed by atoms with van der Waals surface area (Å²) in [6.45, 7) is 20.1. The summed E-state index contributed by atoms with van der Waals surface area (Å²) in [5, 5.41) is 0. The molecule has 5 aromatic rings. The molecule has 4 unspecified atom stereocenters. The van der Waals surface area contributed by atoms with Gasteiger partial charge in [-0.1, -0.05) is 69.0 Å². The van der Waals surface area contributed by atoms with Gasteiger partial charge in [0, 0.05) is 53.0 Å². The predicted octanol–water partition coefficient (Wildman–Crippen LogP) is 9.85. The molecule has 0 saturated heterocycles. The van der Waals surface area contributed by atoms with Gasteiger partial charge in [0.2, 0.25) is 0 Å². The number of hydrogen-bond acceptors (Lipinski definition) is 8. The topological polar surface area (TPSA) is 64.5 Å². The monoisotopic (exact) mass is 672 g/mol. The summed E-state index contributed by atoms with van der Waals surface area (Å²) in [6.07, 6.45) is 14.6. The van der Waals surface area contributed by atoms with Crippen LogP contribution in [0.25, 0.3) is 0 Å². The van der Waals surface area contributed by atoms with E-state index in [2.05, 4.69) is 152 Å². The van der Waals surface area contributed by atoms with Gasteiger partial charge in [0.1, 0.15) is 12.3 Å². The second kappa shape index (κ2) is 12.2. The quantitative estimate of drug-likeness (QED) is 0.151. The summed E-state index contributed by atoms with van der Waals surface area (Å²) in [4.78, 5) is 30.0. The van der Waals surface area contributed by atoms with E-state index in [0.717, 1.165) is 64.4 Å². The number of hydrogen-bond donors (Lipinski definition) is 0. The maximum absolute atomic E-state index is 5.11. The van der Waals surface area contributed by atoms with Crippen LogP contribution in [0.5, 0.6) is 0 Å². The molecule has 8 heteroatoms. The summed E-state index contributed by atoms with van der Waals surface area (Å²) < 4.78 is 0. The highest BCUT2D eigenvalue weighted by Crippen LogP contribution is 2.67. The van der Waals surface area contributed by atoms with Crippen LogP contribution in [0.3, 0.4) is 0 Å². The van der Waals surface area contributed by atoms with Crippen LogP contribution in [0, 0.1) is 31.6 Å². The third-order valence-corrected chi connectivity index (χ3v) is 11.3. The molecule has 4 atom stereocenters. The lowest BCUT2D eigenvalue weighted by Gasteiger charge is -2.62. The molecular formula is C43H44N8. The Labute approximate surface area is 301 Å². The van der Waals surface area contributed by atoms with Gasteiger partial charge in [-0.05, 0) is 92.8 Å². The zero-order valence-electron chi connectivity index (χ0n) is 30.0. The van der Waals surface area contributed by atoms with Crippen molar-refractivity contribution in [2.45, 2.75) is 59.8 Å². The van der Waals surface area contributed by atoms with E-state index in [1.807, 2.05) is 6.08 Å². The fraction of sp³-hybridized carbons (Fsp3) is 0.256. The van der Waals surface area contributed by atoms with Crippen molar-refractivity contribution in [1.82, 2.24) is 19.9 Å². The smallest absolute Gasteiger partial charge is 0.178 e. The lowest BCUT2D eigenvalue weighted by Crippen LogP contribution is -2.71. The number of anilines is 7. The maximum atomic E-state index is 5.11. The fourth-order valence-electron chi connectivity index (χ4n) is 9.25. The first-order valence-electron chi connectivity index (χ1n) is 17.8. The van der Waals surface area contributed by atoms with Crippen LogP contribution in [-0.4, -0.2) is 32.3 Å². The number of aromatic nitrogens is 4. The van der Waals surface area contributed by atoms with Gasteiger partial charge >= 0.3 is 0 Å². The zero-order chi connectivity index (χ0) is 35.5. The number of rotatable bonds is 8. The van der Waals surface area contributed by atoms with Crippen LogP contribution in [0.1, 0.15) is 43.4 Å². The van der Waals surface area contributed by atoms with E-state index >= 15 is 0 Å². The van der Waals surface area contributed by atoms with Crippen molar-refractivity contribution in [1.29, 1.82) is 0 Å². The van der Waals surface area contributed by atoms with Gasteiger partial charge < -0.3 is 19.6 Å². The standard InChI is InChI=1S/C43H44N8/c1-8-32-28-42(9-2,10-3)43(11-4,40-48(32)36-37(45-22-21-44-36)50(40)34-26-29(5)25-30(6)27-34)41-49(33-18-13-12-14-19-33)38-39(47-24-23-46-38)51(41)35-20-16-15-17-31(35)7/h8-9,12-28,40-41H,1-2,10-11H2,3-7H3. The third-order valence-electron chi connectivity index (χ3n) is 11.3. The summed E-state index contributed by atoms with van der Waals surface area (Å²) in [7, 11) is 0. The Hall–Kier alpha value is -5.76. The van der Waals surface area contributed by atoms with Gasteiger partial charge in [0.05, 0.1) is 5.41 Å². The molecule has 3 aliphatic heterocycles. The van der Waals surface area contributed by atoms with E-state index in [-0.39, 0.29) is 12.3 Å². The van der Waals surface area contributed by atoms with Crippen LogP contribution in [-0.2, 0) is 0 Å². The fourth-order valence-corrected chi connectivity index (χ4v) is 9.25. The van der Waals surface area contributed by atoms with Gasteiger partial charge in [-0.3, -0.25) is 0 Å². The summed E-state index contributed by atoms with van der Waals surface area (Å²) in [6, 6.07) is 26.0. The van der Waals surface area contributed by atoms with Crippen LogP contribution in [0.2, 0.25) is 0 Å². The second-order valence-electron chi connectivity index (χ2n) is 13.9. The van der Waals surface area contributed by atoms with E-state index in [0.29, 0.717) is 0 Å². The van der Waals surface area contributed by atoms with E-state index in [1.54, 1.807) is 24.8 Å². The van der Waals surface area contributed by atoms with Crippen molar-refractivity contribution >= 4 is 40.3 Å². The Morgan fingerprint density at radius 1 is 0.627 bits per heavy atom. The molecule has 0 fully saturated rings. The first kappa shape index (κ1) is 32.4. The molecule has 0 bridgehead atoms. The minimum atomic E-state index is -0.642. The van der Waals surface area contributed by atoms with Crippen LogP contribution in [0.4, 0.5) is 40.3 Å². The molecule has 5 heterocycles. The molecule has 0 saturated carbocycles. The normalized spacial score (nSPS) is 23.4. The molecule has 256 valence electrons. The SMILES string of the molecule is C=CC1=CC(C=C)(CC)C(CC)(C2N(c3ccccc3)c3nccnc3N2c2ccccc2C)C2N1c1nccnc1N2c1cc(C)cc(C)c1. The van der Waals surface area contributed by atoms with Gasteiger partial charge in [0.15, 0.2) is 23.3 Å². The Kier molecular flexibility index (Phi) is 7.78. The van der Waals surface area contributed by atoms with Crippen molar-refractivity contribution < 1.29 is 0 Å². The largest absolute Gasteiger partial charge is 0.301 e. The average Bonchev–Trinajstić information content (AvgIpc) is 3.69. The average molecular weight is 673 g/mol. The maximum Gasteiger partial charge on any atom is 0.178 e. The van der Waals surface area contributed by atoms with Crippen LogP contribution in [0.15, 0.2) is 135 Å². The van der Waals surface area contributed by atoms with Crippen molar-refractivity contribution in [3.63, 3.8) is 0 Å². The number of aryl methyl sites for hydroxylation is 3. The molecule has 0 spiro atoms. The van der Waals surface area contributed by atoms with E-state index in [1.165, 1.54) is 11.1 Å². The molecule has 0 N–H and O–H groups in total. The lowest BCUT2D eigenvalue weighted by molar-refractivity contribution is 0.0438. The number of fused-ring (bicyclic) bond motifs is 4. The zero-order valence-corrected chi connectivity index (χ0v) is 30.0. The van der Waals surface area contributed by atoms with Gasteiger partial charge in [0.25, 0.3) is 0 Å². The Bertz CT molecular complexity index is 2160.